The normalized spacial score (nSPS) is 15.4. The molecular formula is C20H22N2O4S. The molecule has 2 aromatic rings. The van der Waals surface area contributed by atoms with Crippen molar-refractivity contribution in [3.8, 4) is 23.3 Å². The summed E-state index contributed by atoms with van der Waals surface area (Å²) < 4.78 is 15.9. The summed E-state index contributed by atoms with van der Waals surface area (Å²) in [4.78, 5) is 13.5. The second-order valence-electron chi connectivity index (χ2n) is 6.55. The molecule has 1 aromatic heterocycles. The van der Waals surface area contributed by atoms with Gasteiger partial charge < -0.3 is 19.5 Å². The Morgan fingerprint density at radius 3 is 2.56 bits per heavy atom. The number of ether oxygens (including phenoxy) is 3. The predicted molar refractivity (Wildman–Crippen MR) is 104 cm³/mol. The second-order valence-corrected chi connectivity index (χ2v) is 7.66. The first-order chi connectivity index (χ1) is 13.0. The lowest BCUT2D eigenvalue weighted by atomic mass is 9.89. The number of nitrogens with one attached hydrogen (secondary N) is 1. The molecule has 0 fully saturated rings. The number of carbonyl (C=O) groups excluding carboxylic acids is 1. The molecule has 1 heterocycles. The lowest BCUT2D eigenvalue weighted by Gasteiger charge is -2.17. The maximum Gasteiger partial charge on any atom is 0.262 e. The van der Waals surface area contributed by atoms with Crippen LogP contribution in [0.25, 0.3) is 0 Å². The van der Waals surface area contributed by atoms with Gasteiger partial charge in [0.1, 0.15) is 28.3 Å². The fourth-order valence-electron chi connectivity index (χ4n) is 3.13. The van der Waals surface area contributed by atoms with Gasteiger partial charge in [-0.05, 0) is 30.7 Å². The van der Waals surface area contributed by atoms with Gasteiger partial charge in [0.25, 0.3) is 5.91 Å². The molecule has 1 N–H and O–H groups in total. The van der Waals surface area contributed by atoms with Crippen molar-refractivity contribution in [3.05, 3.63) is 34.2 Å². The monoisotopic (exact) mass is 386 g/mol. The summed E-state index contributed by atoms with van der Waals surface area (Å²) in [5.74, 6) is 1.94. The van der Waals surface area contributed by atoms with Crippen LogP contribution in [-0.4, -0.2) is 26.7 Å². The fraction of sp³-hybridized carbons (Fsp3) is 0.400. The van der Waals surface area contributed by atoms with Crippen molar-refractivity contribution >= 4 is 22.2 Å². The molecule has 6 nitrogen and oxygen atoms in total. The maximum absolute atomic E-state index is 12.3. The number of nitrogens with zero attached hydrogens (tertiary/aromatic N) is 1. The van der Waals surface area contributed by atoms with E-state index in [1.54, 1.807) is 32.4 Å². The van der Waals surface area contributed by atoms with Crippen LogP contribution >= 0.6 is 11.3 Å². The van der Waals surface area contributed by atoms with E-state index in [0.717, 1.165) is 24.8 Å². The minimum atomic E-state index is -0.306. The molecule has 0 saturated heterocycles. The van der Waals surface area contributed by atoms with Crippen molar-refractivity contribution in [3.63, 3.8) is 0 Å². The number of rotatable bonds is 6. The van der Waals surface area contributed by atoms with Crippen LogP contribution in [-0.2, 0) is 17.6 Å². The van der Waals surface area contributed by atoms with Gasteiger partial charge in [-0.3, -0.25) is 4.79 Å². The van der Waals surface area contributed by atoms with E-state index in [1.165, 1.54) is 16.2 Å². The highest BCUT2D eigenvalue weighted by atomic mass is 32.1. The number of methoxy groups -OCH3 is 2. The van der Waals surface area contributed by atoms with Crippen molar-refractivity contribution < 1.29 is 19.0 Å². The van der Waals surface area contributed by atoms with Crippen molar-refractivity contribution in [2.75, 3.05) is 26.1 Å². The number of amides is 1. The molecule has 1 amide bonds. The minimum Gasteiger partial charge on any atom is -0.496 e. The van der Waals surface area contributed by atoms with Gasteiger partial charge in [0.15, 0.2) is 6.61 Å². The van der Waals surface area contributed by atoms with Gasteiger partial charge in [-0.25, -0.2) is 0 Å². The smallest absolute Gasteiger partial charge is 0.262 e. The molecule has 0 aliphatic heterocycles. The first-order valence-electron chi connectivity index (χ1n) is 8.74. The van der Waals surface area contributed by atoms with Crippen molar-refractivity contribution in [1.29, 1.82) is 5.26 Å². The number of carbonyl (C=O) groups is 1. The number of thiophene rings is 1. The summed E-state index contributed by atoms with van der Waals surface area (Å²) in [7, 11) is 3.10. The predicted octanol–water partition coefficient (Wildman–Crippen LogP) is 3.78. The quantitative estimate of drug-likeness (QED) is 0.817. The number of benzene rings is 1. The highest BCUT2D eigenvalue weighted by Crippen LogP contribution is 2.39. The summed E-state index contributed by atoms with van der Waals surface area (Å²) >= 11 is 1.50. The Morgan fingerprint density at radius 1 is 1.26 bits per heavy atom. The second kappa shape index (κ2) is 8.31. The van der Waals surface area contributed by atoms with Crippen LogP contribution in [0.15, 0.2) is 18.2 Å². The van der Waals surface area contributed by atoms with Gasteiger partial charge in [0.2, 0.25) is 0 Å². The van der Waals surface area contributed by atoms with E-state index in [9.17, 15) is 10.1 Å². The van der Waals surface area contributed by atoms with Gasteiger partial charge in [-0.1, -0.05) is 6.92 Å². The van der Waals surface area contributed by atoms with Crippen LogP contribution in [0.2, 0.25) is 0 Å². The first kappa shape index (κ1) is 19.1. The third-order valence-corrected chi connectivity index (χ3v) is 5.74. The lowest BCUT2D eigenvalue weighted by molar-refractivity contribution is -0.118. The Hall–Kier alpha value is -2.72. The topological polar surface area (TPSA) is 80.6 Å². The Kier molecular flexibility index (Phi) is 5.87. The van der Waals surface area contributed by atoms with Crippen molar-refractivity contribution in [2.24, 2.45) is 5.92 Å². The Labute approximate surface area is 162 Å². The van der Waals surface area contributed by atoms with E-state index in [1.807, 2.05) is 0 Å². The van der Waals surface area contributed by atoms with Gasteiger partial charge in [0.05, 0.1) is 19.8 Å². The van der Waals surface area contributed by atoms with Crippen LogP contribution in [0.4, 0.5) is 5.00 Å². The average Bonchev–Trinajstić information content (AvgIpc) is 3.01. The molecule has 1 aliphatic carbocycles. The molecule has 1 atom stereocenters. The standard InChI is InChI=1S/C20H22N2O4S/c1-12-4-5-16-17(10-21)20(27-18(16)6-12)22-19(23)11-26-15-8-13(24-2)7-14(9-15)25-3/h7-9,12H,4-6,11H2,1-3H3,(H,22,23). The SMILES string of the molecule is COc1cc(OC)cc(OCC(=O)Nc2sc3c(c2C#N)CCC(C)C3)c1. The third-order valence-electron chi connectivity index (χ3n) is 4.57. The van der Waals surface area contributed by atoms with Crippen LogP contribution in [0, 0.1) is 17.2 Å². The molecule has 1 aliphatic rings. The molecule has 3 rings (SSSR count). The maximum atomic E-state index is 12.3. The molecule has 1 unspecified atom stereocenters. The summed E-state index contributed by atoms with van der Waals surface area (Å²) in [6.07, 6.45) is 2.93. The Balaban J connectivity index is 1.68. The van der Waals surface area contributed by atoms with E-state index in [0.29, 0.717) is 33.7 Å². The number of anilines is 1. The fourth-order valence-corrected chi connectivity index (χ4v) is 4.51. The average molecular weight is 386 g/mol. The van der Waals surface area contributed by atoms with Gasteiger partial charge in [-0.15, -0.1) is 11.3 Å². The molecule has 7 heteroatoms. The summed E-state index contributed by atoms with van der Waals surface area (Å²) in [6, 6.07) is 7.34. The van der Waals surface area contributed by atoms with E-state index in [-0.39, 0.29) is 12.5 Å². The summed E-state index contributed by atoms with van der Waals surface area (Å²) in [6.45, 7) is 2.05. The molecule has 142 valence electrons. The van der Waals surface area contributed by atoms with E-state index < -0.39 is 0 Å². The third kappa shape index (κ3) is 4.34. The highest BCUT2D eigenvalue weighted by molar-refractivity contribution is 7.16. The van der Waals surface area contributed by atoms with Gasteiger partial charge in [0, 0.05) is 23.1 Å². The van der Waals surface area contributed by atoms with Crippen LogP contribution in [0.1, 0.15) is 29.3 Å². The molecule has 0 saturated carbocycles. The van der Waals surface area contributed by atoms with Crippen LogP contribution < -0.4 is 19.5 Å². The highest BCUT2D eigenvalue weighted by Gasteiger charge is 2.24. The number of nitriles is 1. The number of hydrogen-bond acceptors (Lipinski definition) is 6. The zero-order valence-electron chi connectivity index (χ0n) is 15.6. The zero-order chi connectivity index (χ0) is 19.4. The van der Waals surface area contributed by atoms with Crippen LogP contribution in [0.3, 0.4) is 0 Å². The summed E-state index contributed by atoms with van der Waals surface area (Å²) in [5.41, 5.74) is 1.69. The van der Waals surface area contributed by atoms with Gasteiger partial charge >= 0.3 is 0 Å². The first-order valence-corrected chi connectivity index (χ1v) is 9.56. The van der Waals surface area contributed by atoms with E-state index in [4.69, 9.17) is 14.2 Å². The molecule has 1 aromatic carbocycles. The summed E-state index contributed by atoms with van der Waals surface area (Å²) in [5, 5.41) is 13.0. The van der Waals surface area contributed by atoms with E-state index >= 15 is 0 Å². The molecule has 0 radical (unpaired) electrons. The minimum absolute atomic E-state index is 0.167. The molecule has 27 heavy (non-hydrogen) atoms. The Bertz CT molecular complexity index is 863. The Morgan fingerprint density at radius 2 is 1.93 bits per heavy atom. The van der Waals surface area contributed by atoms with E-state index in [2.05, 4.69) is 18.3 Å². The lowest BCUT2D eigenvalue weighted by Crippen LogP contribution is -2.20. The van der Waals surface area contributed by atoms with Gasteiger partial charge in [-0.2, -0.15) is 5.26 Å². The van der Waals surface area contributed by atoms with Crippen LogP contribution in [0.5, 0.6) is 17.2 Å². The number of hydrogen-bond donors (Lipinski definition) is 1. The number of fused-ring (bicyclic) bond motifs is 1. The van der Waals surface area contributed by atoms with Crippen molar-refractivity contribution in [2.45, 2.75) is 26.2 Å². The zero-order valence-corrected chi connectivity index (χ0v) is 16.4. The van der Waals surface area contributed by atoms with Crippen molar-refractivity contribution in [1.82, 2.24) is 0 Å². The molecular weight excluding hydrogens is 364 g/mol. The molecule has 0 bridgehead atoms. The largest absolute Gasteiger partial charge is 0.496 e. The molecule has 0 spiro atoms.